The molecule has 1 aromatic carbocycles. The van der Waals surface area contributed by atoms with Crippen molar-refractivity contribution in [2.45, 2.75) is 19.5 Å². The summed E-state index contributed by atoms with van der Waals surface area (Å²) in [4.78, 5) is 25.6. The molecule has 6 nitrogen and oxygen atoms in total. The Morgan fingerprint density at radius 3 is 2.77 bits per heavy atom. The lowest BCUT2D eigenvalue weighted by Crippen LogP contribution is -2.36. The van der Waals surface area contributed by atoms with Crippen molar-refractivity contribution >= 4 is 17.2 Å². The van der Waals surface area contributed by atoms with Crippen LogP contribution in [0, 0.1) is 0 Å². The second-order valence-corrected chi connectivity index (χ2v) is 6.63. The maximum absolute atomic E-state index is 12.5. The van der Waals surface area contributed by atoms with Crippen LogP contribution in [0.3, 0.4) is 0 Å². The summed E-state index contributed by atoms with van der Waals surface area (Å²) in [6.45, 7) is 1.97. The first-order valence-corrected chi connectivity index (χ1v) is 9.01. The third kappa shape index (κ3) is 3.83. The molecule has 1 unspecified atom stereocenters. The van der Waals surface area contributed by atoms with Gasteiger partial charge >= 0.3 is 0 Å². The summed E-state index contributed by atoms with van der Waals surface area (Å²) < 4.78 is 6.50. The Bertz CT molecular complexity index is 951. The van der Waals surface area contributed by atoms with Crippen molar-refractivity contribution in [2.24, 2.45) is 0 Å². The quantitative estimate of drug-likeness (QED) is 0.725. The van der Waals surface area contributed by atoms with Crippen molar-refractivity contribution < 1.29 is 9.53 Å². The monoisotopic (exact) mass is 369 g/mol. The summed E-state index contributed by atoms with van der Waals surface area (Å²) in [6.07, 6.45) is 0. The van der Waals surface area contributed by atoms with Crippen LogP contribution in [0.15, 0.2) is 58.7 Å². The van der Waals surface area contributed by atoms with Crippen LogP contribution >= 0.6 is 11.3 Å². The molecule has 0 radical (unpaired) electrons. The number of thiophene rings is 1. The third-order valence-electron chi connectivity index (χ3n) is 3.99. The molecule has 3 rings (SSSR count). The van der Waals surface area contributed by atoms with Crippen LogP contribution in [0.1, 0.15) is 18.5 Å². The minimum absolute atomic E-state index is 0.283. The number of benzene rings is 1. The van der Waals surface area contributed by atoms with E-state index in [9.17, 15) is 9.59 Å². The first-order valence-electron chi connectivity index (χ1n) is 8.13. The summed E-state index contributed by atoms with van der Waals surface area (Å²) in [5, 5.41) is 9.13. The van der Waals surface area contributed by atoms with Gasteiger partial charge in [0, 0.05) is 18.2 Å². The SMILES string of the molecule is COc1ccccc1CNC(=O)C(C)n1nc(-c2cccs2)ccc1=O. The Balaban J connectivity index is 1.76. The molecule has 3 aromatic rings. The molecule has 0 saturated carbocycles. The smallest absolute Gasteiger partial charge is 0.267 e. The fraction of sp³-hybridized carbons (Fsp3) is 0.211. The van der Waals surface area contributed by atoms with Crippen LogP contribution in [0.25, 0.3) is 10.6 Å². The summed E-state index contributed by atoms with van der Waals surface area (Å²) in [6, 6.07) is 13.7. The van der Waals surface area contributed by atoms with Gasteiger partial charge in [-0.05, 0) is 30.5 Å². The van der Waals surface area contributed by atoms with Crippen molar-refractivity contribution in [3.05, 3.63) is 69.8 Å². The lowest BCUT2D eigenvalue weighted by Gasteiger charge is -2.15. The number of ether oxygens (including phenoxy) is 1. The zero-order chi connectivity index (χ0) is 18.5. The minimum atomic E-state index is -0.725. The Morgan fingerprint density at radius 2 is 2.04 bits per heavy atom. The van der Waals surface area contributed by atoms with Gasteiger partial charge in [0.25, 0.3) is 5.56 Å². The van der Waals surface area contributed by atoms with Crippen LogP contribution in [-0.2, 0) is 11.3 Å². The van der Waals surface area contributed by atoms with E-state index in [0.29, 0.717) is 18.0 Å². The van der Waals surface area contributed by atoms with Gasteiger partial charge in [-0.3, -0.25) is 9.59 Å². The normalized spacial score (nSPS) is 11.8. The van der Waals surface area contributed by atoms with E-state index in [1.54, 1.807) is 20.1 Å². The number of nitrogens with zero attached hydrogens (tertiary/aromatic N) is 2. The average Bonchev–Trinajstić information content (AvgIpc) is 3.21. The molecule has 1 amide bonds. The summed E-state index contributed by atoms with van der Waals surface area (Å²) in [7, 11) is 1.59. The van der Waals surface area contributed by atoms with Gasteiger partial charge in [0.05, 0.1) is 12.0 Å². The molecule has 0 bridgehead atoms. The zero-order valence-electron chi connectivity index (χ0n) is 14.5. The number of aromatic nitrogens is 2. The van der Waals surface area contributed by atoms with Crippen molar-refractivity contribution in [3.8, 4) is 16.3 Å². The van der Waals surface area contributed by atoms with Crippen LogP contribution in [0.2, 0.25) is 0 Å². The number of carbonyl (C=O) groups excluding carboxylic acids is 1. The fourth-order valence-corrected chi connectivity index (χ4v) is 3.24. The number of carbonyl (C=O) groups is 1. The highest BCUT2D eigenvalue weighted by atomic mass is 32.1. The Kier molecular flexibility index (Phi) is 5.48. The predicted molar refractivity (Wildman–Crippen MR) is 101 cm³/mol. The summed E-state index contributed by atoms with van der Waals surface area (Å²) in [5.74, 6) is 0.421. The maximum atomic E-state index is 12.5. The molecule has 0 spiro atoms. The molecule has 0 aliphatic heterocycles. The van der Waals surface area contributed by atoms with E-state index in [2.05, 4.69) is 10.4 Å². The van der Waals surface area contributed by atoms with E-state index < -0.39 is 6.04 Å². The Hall–Kier alpha value is -2.93. The molecule has 1 atom stereocenters. The van der Waals surface area contributed by atoms with Crippen LogP contribution < -0.4 is 15.6 Å². The molecule has 2 aromatic heterocycles. The van der Waals surface area contributed by atoms with E-state index in [-0.39, 0.29) is 11.5 Å². The highest BCUT2D eigenvalue weighted by Gasteiger charge is 2.18. The van der Waals surface area contributed by atoms with Crippen molar-refractivity contribution in [1.82, 2.24) is 15.1 Å². The van der Waals surface area contributed by atoms with E-state index in [1.165, 1.54) is 22.1 Å². The topological polar surface area (TPSA) is 73.2 Å². The van der Waals surface area contributed by atoms with Gasteiger partial charge in [-0.25, -0.2) is 4.68 Å². The summed E-state index contributed by atoms with van der Waals surface area (Å²) in [5.41, 5.74) is 1.22. The van der Waals surface area contributed by atoms with Crippen molar-refractivity contribution in [1.29, 1.82) is 0 Å². The Labute approximate surface area is 155 Å². The molecule has 0 aliphatic rings. The molecular formula is C19H19N3O3S. The number of para-hydroxylation sites is 1. The van der Waals surface area contributed by atoms with E-state index in [4.69, 9.17) is 4.74 Å². The molecule has 2 heterocycles. The van der Waals surface area contributed by atoms with Crippen LogP contribution in [0.4, 0.5) is 0 Å². The standard InChI is InChI=1S/C19H19N3O3S/c1-13(19(24)20-12-14-6-3-4-7-16(14)25-2)22-18(23)10-9-15(21-22)17-8-5-11-26-17/h3-11,13H,12H2,1-2H3,(H,20,24). The first-order chi connectivity index (χ1) is 12.6. The lowest BCUT2D eigenvalue weighted by molar-refractivity contribution is -0.124. The third-order valence-corrected chi connectivity index (χ3v) is 4.88. The van der Waals surface area contributed by atoms with Crippen molar-refractivity contribution in [3.63, 3.8) is 0 Å². The maximum Gasteiger partial charge on any atom is 0.267 e. The van der Waals surface area contributed by atoms with Gasteiger partial charge in [0.15, 0.2) is 0 Å². The van der Waals surface area contributed by atoms with Crippen molar-refractivity contribution in [2.75, 3.05) is 7.11 Å². The highest BCUT2D eigenvalue weighted by Crippen LogP contribution is 2.22. The second-order valence-electron chi connectivity index (χ2n) is 5.68. The van der Waals surface area contributed by atoms with E-state index in [1.807, 2.05) is 41.8 Å². The largest absolute Gasteiger partial charge is 0.496 e. The highest BCUT2D eigenvalue weighted by molar-refractivity contribution is 7.13. The molecule has 134 valence electrons. The number of nitrogens with one attached hydrogen (secondary N) is 1. The molecule has 0 fully saturated rings. The number of rotatable bonds is 6. The van der Waals surface area contributed by atoms with Gasteiger partial charge in [-0.1, -0.05) is 24.3 Å². The van der Waals surface area contributed by atoms with Gasteiger partial charge < -0.3 is 10.1 Å². The molecule has 26 heavy (non-hydrogen) atoms. The lowest BCUT2D eigenvalue weighted by atomic mass is 10.2. The predicted octanol–water partition coefficient (Wildman–Crippen LogP) is 2.86. The summed E-state index contributed by atoms with van der Waals surface area (Å²) >= 11 is 1.53. The number of amides is 1. The van der Waals surface area contributed by atoms with Crippen LogP contribution in [0.5, 0.6) is 5.75 Å². The van der Waals surface area contributed by atoms with Gasteiger partial charge in [0.1, 0.15) is 17.5 Å². The number of hydrogen-bond acceptors (Lipinski definition) is 5. The van der Waals surface area contributed by atoms with E-state index in [0.717, 1.165) is 10.4 Å². The number of hydrogen-bond donors (Lipinski definition) is 1. The zero-order valence-corrected chi connectivity index (χ0v) is 15.3. The second kappa shape index (κ2) is 7.97. The van der Waals surface area contributed by atoms with Gasteiger partial charge in [-0.15, -0.1) is 11.3 Å². The fourth-order valence-electron chi connectivity index (χ4n) is 2.55. The molecule has 0 saturated heterocycles. The average molecular weight is 369 g/mol. The number of methoxy groups -OCH3 is 1. The Morgan fingerprint density at radius 1 is 1.23 bits per heavy atom. The van der Waals surface area contributed by atoms with Crippen LogP contribution in [-0.4, -0.2) is 22.8 Å². The molecule has 1 N–H and O–H groups in total. The molecule has 0 aliphatic carbocycles. The first kappa shape index (κ1) is 17.9. The van der Waals surface area contributed by atoms with Gasteiger partial charge in [-0.2, -0.15) is 5.10 Å². The van der Waals surface area contributed by atoms with Gasteiger partial charge in [0.2, 0.25) is 5.91 Å². The van der Waals surface area contributed by atoms with E-state index >= 15 is 0 Å². The minimum Gasteiger partial charge on any atom is -0.496 e. The molecule has 7 heteroatoms. The molecular weight excluding hydrogens is 350 g/mol.